The number of ether oxygens (including phenoxy) is 3. The number of nitrogens with two attached hydrogens (primary N) is 1. The van der Waals surface area contributed by atoms with Crippen molar-refractivity contribution < 1.29 is 14.2 Å². The minimum absolute atomic E-state index is 0.0745. The Bertz CT molecular complexity index is 701. The fourth-order valence-electron chi connectivity index (χ4n) is 2.59. The Balaban J connectivity index is 1.80. The average Bonchev–Trinajstić information content (AvgIpc) is 2.45. The van der Waals surface area contributed by atoms with Crippen LogP contribution in [0.2, 0.25) is 0 Å². The molecule has 1 saturated carbocycles. The molecule has 0 saturated heterocycles. The number of nitrogens with zero attached hydrogens (tertiary/aromatic N) is 2. The van der Waals surface area contributed by atoms with Gasteiger partial charge in [0.15, 0.2) is 11.5 Å². The van der Waals surface area contributed by atoms with Crippen LogP contribution in [-0.4, -0.2) is 35.9 Å². The number of benzene rings is 1. The smallest absolute Gasteiger partial charge is 0.162 e. The zero-order valence-electron chi connectivity index (χ0n) is 13.8. The van der Waals surface area contributed by atoms with Gasteiger partial charge in [-0.15, -0.1) is 0 Å². The van der Waals surface area contributed by atoms with Gasteiger partial charge in [-0.25, -0.2) is 9.97 Å². The molecular weight excluding hydrogens is 294 g/mol. The van der Waals surface area contributed by atoms with Crippen molar-refractivity contribution in [3.05, 3.63) is 18.0 Å². The highest BCUT2D eigenvalue weighted by Gasteiger charge is 2.20. The van der Waals surface area contributed by atoms with Gasteiger partial charge in [0.2, 0.25) is 0 Å². The van der Waals surface area contributed by atoms with Gasteiger partial charge in [-0.05, 0) is 39.2 Å². The predicted octanol–water partition coefficient (Wildman–Crippen LogP) is 2.87. The van der Waals surface area contributed by atoms with Crippen molar-refractivity contribution in [1.82, 2.24) is 9.97 Å². The van der Waals surface area contributed by atoms with Crippen molar-refractivity contribution in [2.45, 2.75) is 45.3 Å². The van der Waals surface area contributed by atoms with E-state index in [0.29, 0.717) is 35.9 Å². The van der Waals surface area contributed by atoms with Crippen LogP contribution >= 0.6 is 0 Å². The van der Waals surface area contributed by atoms with Crippen molar-refractivity contribution >= 4 is 16.7 Å². The molecule has 0 bridgehead atoms. The molecule has 0 aliphatic heterocycles. The molecule has 1 unspecified atom stereocenters. The fraction of sp³-hybridized carbons (Fsp3) is 0.529. The van der Waals surface area contributed by atoms with Crippen LogP contribution in [0.15, 0.2) is 12.1 Å². The van der Waals surface area contributed by atoms with E-state index in [4.69, 9.17) is 19.9 Å². The number of aryl methyl sites for hydroxylation is 1. The van der Waals surface area contributed by atoms with Gasteiger partial charge < -0.3 is 19.9 Å². The van der Waals surface area contributed by atoms with Crippen LogP contribution in [-0.2, 0) is 4.74 Å². The fourth-order valence-corrected chi connectivity index (χ4v) is 2.59. The second-order valence-corrected chi connectivity index (χ2v) is 5.99. The summed E-state index contributed by atoms with van der Waals surface area (Å²) in [4.78, 5) is 8.59. The first kappa shape index (κ1) is 15.8. The van der Waals surface area contributed by atoms with E-state index in [1.807, 2.05) is 26.0 Å². The first-order chi connectivity index (χ1) is 11.1. The maximum Gasteiger partial charge on any atom is 0.162 e. The summed E-state index contributed by atoms with van der Waals surface area (Å²) in [6.45, 7) is 4.36. The van der Waals surface area contributed by atoms with E-state index in [0.717, 1.165) is 23.7 Å². The molecule has 6 heteroatoms. The minimum Gasteiger partial charge on any atom is -0.493 e. The van der Waals surface area contributed by atoms with Gasteiger partial charge in [0.05, 0.1) is 25.3 Å². The Hall–Kier alpha value is -2.08. The summed E-state index contributed by atoms with van der Waals surface area (Å²) in [6.07, 6.45) is 3.89. The zero-order valence-corrected chi connectivity index (χ0v) is 13.8. The van der Waals surface area contributed by atoms with E-state index in [2.05, 4.69) is 9.97 Å². The van der Waals surface area contributed by atoms with Crippen LogP contribution in [0.3, 0.4) is 0 Å². The Morgan fingerprint density at radius 2 is 2.04 bits per heavy atom. The lowest BCUT2D eigenvalue weighted by molar-refractivity contribution is -0.0310. The van der Waals surface area contributed by atoms with Crippen LogP contribution in [0.25, 0.3) is 10.9 Å². The van der Waals surface area contributed by atoms with Gasteiger partial charge in [0.1, 0.15) is 17.7 Å². The number of fused-ring (bicyclic) bond motifs is 1. The molecule has 3 rings (SSSR count). The van der Waals surface area contributed by atoms with Crippen LogP contribution in [0.1, 0.15) is 32.0 Å². The first-order valence-electron chi connectivity index (χ1n) is 7.97. The van der Waals surface area contributed by atoms with Crippen molar-refractivity contribution in [1.29, 1.82) is 0 Å². The number of hydrogen-bond acceptors (Lipinski definition) is 6. The van der Waals surface area contributed by atoms with Crippen molar-refractivity contribution in [3.8, 4) is 11.5 Å². The van der Waals surface area contributed by atoms with E-state index in [-0.39, 0.29) is 6.10 Å². The molecule has 2 aromatic rings. The number of nitrogen functional groups attached to an aromatic ring is 1. The SMILES string of the molecule is COc1cc2nc(C)nc(N)c2cc1OC(C)COC1CCC1. The largest absolute Gasteiger partial charge is 0.493 e. The van der Waals surface area contributed by atoms with Gasteiger partial charge in [0.25, 0.3) is 0 Å². The molecule has 0 radical (unpaired) electrons. The highest BCUT2D eigenvalue weighted by Crippen LogP contribution is 2.34. The molecule has 1 aliphatic rings. The lowest BCUT2D eigenvalue weighted by Crippen LogP contribution is -2.28. The third-order valence-corrected chi connectivity index (χ3v) is 4.07. The average molecular weight is 317 g/mol. The normalized spacial score (nSPS) is 16.1. The number of anilines is 1. The summed E-state index contributed by atoms with van der Waals surface area (Å²) >= 11 is 0. The number of methoxy groups -OCH3 is 1. The van der Waals surface area contributed by atoms with E-state index in [1.54, 1.807) is 7.11 Å². The molecule has 1 aliphatic carbocycles. The van der Waals surface area contributed by atoms with Crippen LogP contribution in [0.5, 0.6) is 11.5 Å². The summed E-state index contributed by atoms with van der Waals surface area (Å²) < 4.78 is 17.2. The predicted molar refractivity (Wildman–Crippen MR) is 88.9 cm³/mol. The maximum absolute atomic E-state index is 6.00. The molecule has 1 heterocycles. The molecule has 6 nitrogen and oxygen atoms in total. The second-order valence-electron chi connectivity index (χ2n) is 5.99. The van der Waals surface area contributed by atoms with E-state index in [9.17, 15) is 0 Å². The van der Waals surface area contributed by atoms with Crippen LogP contribution in [0.4, 0.5) is 5.82 Å². The Kier molecular flexibility index (Phi) is 4.52. The molecular formula is C17H23N3O3. The molecule has 1 aromatic heterocycles. The lowest BCUT2D eigenvalue weighted by Gasteiger charge is -2.27. The molecule has 0 spiro atoms. The molecule has 2 N–H and O–H groups in total. The Morgan fingerprint density at radius 3 is 2.70 bits per heavy atom. The minimum atomic E-state index is -0.0745. The lowest BCUT2D eigenvalue weighted by atomic mass is 9.96. The molecule has 1 aromatic carbocycles. The summed E-state index contributed by atoms with van der Waals surface area (Å²) in [5.41, 5.74) is 6.75. The molecule has 1 atom stereocenters. The maximum atomic E-state index is 6.00. The summed E-state index contributed by atoms with van der Waals surface area (Å²) in [6, 6.07) is 3.66. The third-order valence-electron chi connectivity index (χ3n) is 4.07. The van der Waals surface area contributed by atoms with Gasteiger partial charge in [-0.1, -0.05) is 0 Å². The summed E-state index contributed by atoms with van der Waals surface area (Å²) in [7, 11) is 1.61. The highest BCUT2D eigenvalue weighted by molar-refractivity contribution is 5.90. The number of rotatable bonds is 6. The number of hydrogen-bond donors (Lipinski definition) is 1. The van der Waals surface area contributed by atoms with Gasteiger partial charge >= 0.3 is 0 Å². The van der Waals surface area contributed by atoms with E-state index in [1.165, 1.54) is 6.42 Å². The monoisotopic (exact) mass is 317 g/mol. The van der Waals surface area contributed by atoms with Crippen LogP contribution < -0.4 is 15.2 Å². The Labute approximate surface area is 136 Å². The summed E-state index contributed by atoms with van der Waals surface area (Å²) in [5, 5.41) is 0.763. The number of aromatic nitrogens is 2. The van der Waals surface area contributed by atoms with Gasteiger partial charge in [-0.2, -0.15) is 0 Å². The van der Waals surface area contributed by atoms with Gasteiger partial charge in [-0.3, -0.25) is 0 Å². The van der Waals surface area contributed by atoms with Crippen molar-refractivity contribution in [2.75, 3.05) is 19.5 Å². The standard InChI is InChI=1S/C17H23N3O3/c1-10(9-22-12-5-4-6-12)23-16-7-13-14(8-15(16)21-3)19-11(2)20-17(13)18/h7-8,10,12H,4-6,9H2,1-3H3,(H2,18,19,20). The molecule has 1 fully saturated rings. The highest BCUT2D eigenvalue weighted by atomic mass is 16.5. The quantitative estimate of drug-likeness (QED) is 0.882. The van der Waals surface area contributed by atoms with E-state index >= 15 is 0 Å². The van der Waals surface area contributed by atoms with Crippen molar-refractivity contribution in [2.24, 2.45) is 0 Å². The molecule has 23 heavy (non-hydrogen) atoms. The topological polar surface area (TPSA) is 79.5 Å². The Morgan fingerprint density at radius 1 is 1.26 bits per heavy atom. The van der Waals surface area contributed by atoms with Crippen LogP contribution in [0, 0.1) is 6.92 Å². The molecule has 0 amide bonds. The summed E-state index contributed by atoms with van der Waals surface area (Å²) in [5.74, 6) is 2.33. The zero-order chi connectivity index (χ0) is 16.4. The first-order valence-corrected chi connectivity index (χ1v) is 7.97. The van der Waals surface area contributed by atoms with Crippen molar-refractivity contribution in [3.63, 3.8) is 0 Å². The molecule has 124 valence electrons. The van der Waals surface area contributed by atoms with Gasteiger partial charge in [0, 0.05) is 11.5 Å². The third kappa shape index (κ3) is 3.47. The second kappa shape index (κ2) is 6.58. The van der Waals surface area contributed by atoms with E-state index < -0.39 is 0 Å².